The van der Waals surface area contributed by atoms with Crippen LogP contribution in [0.2, 0.25) is 0 Å². The number of carbonyl (C=O) groups excluding carboxylic acids is 1. The van der Waals surface area contributed by atoms with Gasteiger partial charge in [-0.2, -0.15) is 0 Å². The number of hydrogen-bond acceptors (Lipinski definition) is 3. The summed E-state index contributed by atoms with van der Waals surface area (Å²) in [5, 5.41) is 5.15. The van der Waals surface area contributed by atoms with E-state index in [4.69, 9.17) is 0 Å². The van der Waals surface area contributed by atoms with Crippen molar-refractivity contribution in [1.82, 2.24) is 4.98 Å². The van der Waals surface area contributed by atoms with Crippen LogP contribution in [0, 0.1) is 5.82 Å². The van der Waals surface area contributed by atoms with Gasteiger partial charge in [-0.05, 0) is 18.9 Å². The molecule has 1 amide bonds. The van der Waals surface area contributed by atoms with Crippen LogP contribution < -0.4 is 5.32 Å². The van der Waals surface area contributed by atoms with Crippen LogP contribution in [0.15, 0.2) is 35.8 Å². The number of rotatable bonds is 3. The molecule has 0 saturated heterocycles. The summed E-state index contributed by atoms with van der Waals surface area (Å²) in [6.07, 6.45) is 3.95. The number of nitrogens with one attached hydrogen (secondary N) is 1. The molecule has 2 aromatic rings. The molecule has 98 valence electrons. The summed E-state index contributed by atoms with van der Waals surface area (Å²) in [7, 11) is 0. The minimum absolute atomic E-state index is 0.154. The highest BCUT2D eigenvalue weighted by molar-refractivity contribution is 7.13. The third-order valence-electron chi connectivity index (χ3n) is 3.68. The highest BCUT2D eigenvalue weighted by Gasteiger charge is 2.47. The summed E-state index contributed by atoms with van der Waals surface area (Å²) in [6, 6.07) is 6.53. The summed E-state index contributed by atoms with van der Waals surface area (Å²) < 4.78 is 14.0. The SMILES string of the molecule is O=C(Nc1nccs1)C1(c2ccccc2F)CCC1. The van der Waals surface area contributed by atoms with Crippen LogP contribution in [0.3, 0.4) is 0 Å². The molecule has 1 aliphatic carbocycles. The van der Waals surface area contributed by atoms with Crippen molar-refractivity contribution in [3.63, 3.8) is 0 Å². The topological polar surface area (TPSA) is 42.0 Å². The molecule has 1 heterocycles. The molecule has 0 aliphatic heterocycles. The van der Waals surface area contributed by atoms with Gasteiger partial charge in [0.25, 0.3) is 0 Å². The van der Waals surface area contributed by atoms with Crippen LogP contribution in [0.4, 0.5) is 9.52 Å². The van der Waals surface area contributed by atoms with Gasteiger partial charge in [0.15, 0.2) is 5.13 Å². The number of nitrogens with zero attached hydrogens (tertiary/aromatic N) is 1. The van der Waals surface area contributed by atoms with Gasteiger partial charge in [0.05, 0.1) is 5.41 Å². The Kier molecular flexibility index (Phi) is 3.06. The van der Waals surface area contributed by atoms with Gasteiger partial charge in [-0.25, -0.2) is 9.37 Å². The van der Waals surface area contributed by atoms with Crippen molar-refractivity contribution in [3.05, 3.63) is 47.2 Å². The molecule has 1 fully saturated rings. The predicted molar refractivity (Wildman–Crippen MR) is 72.7 cm³/mol. The maximum Gasteiger partial charge on any atom is 0.236 e. The van der Waals surface area contributed by atoms with Crippen LogP contribution in [0.25, 0.3) is 0 Å². The predicted octanol–water partition coefficient (Wildman–Crippen LogP) is 3.34. The minimum atomic E-state index is -0.725. The summed E-state index contributed by atoms with van der Waals surface area (Å²) in [5.74, 6) is -0.463. The fourth-order valence-electron chi connectivity index (χ4n) is 2.50. The molecule has 1 aliphatic rings. The van der Waals surface area contributed by atoms with E-state index in [9.17, 15) is 9.18 Å². The number of hydrogen-bond donors (Lipinski definition) is 1. The van der Waals surface area contributed by atoms with E-state index in [1.807, 2.05) is 0 Å². The fourth-order valence-corrected chi connectivity index (χ4v) is 3.02. The van der Waals surface area contributed by atoms with Gasteiger partial charge in [-0.15, -0.1) is 11.3 Å². The molecule has 0 unspecified atom stereocenters. The molecule has 0 spiro atoms. The summed E-state index contributed by atoms with van der Waals surface area (Å²) >= 11 is 1.36. The quantitative estimate of drug-likeness (QED) is 0.934. The van der Waals surface area contributed by atoms with E-state index >= 15 is 0 Å². The second-order valence-electron chi connectivity index (χ2n) is 4.71. The van der Waals surface area contributed by atoms with Crippen molar-refractivity contribution in [2.24, 2.45) is 0 Å². The Morgan fingerprint density at radius 1 is 1.37 bits per heavy atom. The molecule has 3 rings (SSSR count). The van der Waals surface area contributed by atoms with E-state index in [-0.39, 0.29) is 11.7 Å². The number of benzene rings is 1. The third-order valence-corrected chi connectivity index (χ3v) is 4.37. The molecular formula is C14H13FN2OS. The average Bonchev–Trinajstić information content (AvgIpc) is 2.83. The second kappa shape index (κ2) is 4.74. The maximum absolute atomic E-state index is 14.0. The zero-order valence-corrected chi connectivity index (χ0v) is 11.0. The summed E-state index contributed by atoms with van der Waals surface area (Å²) in [6.45, 7) is 0. The van der Waals surface area contributed by atoms with Crippen LogP contribution >= 0.6 is 11.3 Å². The monoisotopic (exact) mass is 276 g/mol. The van der Waals surface area contributed by atoms with Gasteiger partial charge in [0.1, 0.15) is 5.82 Å². The Hall–Kier alpha value is -1.75. The van der Waals surface area contributed by atoms with Crippen LogP contribution in [-0.2, 0) is 10.2 Å². The van der Waals surface area contributed by atoms with E-state index in [1.54, 1.807) is 29.8 Å². The molecule has 1 aromatic carbocycles. The highest BCUT2D eigenvalue weighted by atomic mass is 32.1. The summed E-state index contributed by atoms with van der Waals surface area (Å²) in [5.41, 5.74) is -0.230. The van der Waals surface area contributed by atoms with Crippen molar-refractivity contribution < 1.29 is 9.18 Å². The van der Waals surface area contributed by atoms with E-state index in [1.165, 1.54) is 17.4 Å². The van der Waals surface area contributed by atoms with Crippen LogP contribution in [0.5, 0.6) is 0 Å². The molecule has 1 saturated carbocycles. The molecule has 19 heavy (non-hydrogen) atoms. The Bertz CT molecular complexity index is 593. The van der Waals surface area contributed by atoms with Crippen molar-refractivity contribution in [2.45, 2.75) is 24.7 Å². The zero-order valence-electron chi connectivity index (χ0n) is 10.2. The van der Waals surface area contributed by atoms with E-state index in [0.29, 0.717) is 23.5 Å². The lowest BCUT2D eigenvalue weighted by Gasteiger charge is -2.40. The first-order chi connectivity index (χ1) is 9.22. The van der Waals surface area contributed by atoms with Crippen molar-refractivity contribution in [2.75, 3.05) is 5.32 Å². The van der Waals surface area contributed by atoms with E-state index in [0.717, 1.165) is 6.42 Å². The highest BCUT2D eigenvalue weighted by Crippen LogP contribution is 2.45. The Balaban J connectivity index is 1.91. The van der Waals surface area contributed by atoms with E-state index in [2.05, 4.69) is 10.3 Å². The standard InChI is InChI=1S/C14H13FN2OS/c15-11-5-2-1-4-10(11)14(6-3-7-14)12(18)17-13-16-8-9-19-13/h1-2,4-5,8-9H,3,6-7H2,(H,16,17,18). The van der Waals surface area contributed by atoms with Gasteiger partial charge < -0.3 is 5.32 Å². The van der Waals surface area contributed by atoms with Crippen molar-refractivity contribution in [3.8, 4) is 0 Å². The van der Waals surface area contributed by atoms with Crippen molar-refractivity contribution >= 4 is 22.4 Å². The number of anilines is 1. The lowest BCUT2D eigenvalue weighted by atomic mass is 9.63. The first-order valence-electron chi connectivity index (χ1n) is 6.18. The molecule has 0 radical (unpaired) electrons. The zero-order chi connectivity index (χ0) is 13.3. The fraction of sp³-hybridized carbons (Fsp3) is 0.286. The Morgan fingerprint density at radius 2 is 2.16 bits per heavy atom. The van der Waals surface area contributed by atoms with Gasteiger partial charge in [0, 0.05) is 17.1 Å². The van der Waals surface area contributed by atoms with Crippen molar-refractivity contribution in [1.29, 1.82) is 0 Å². The normalized spacial score (nSPS) is 16.7. The van der Waals surface area contributed by atoms with Gasteiger partial charge >= 0.3 is 0 Å². The average molecular weight is 276 g/mol. The number of thiazole rings is 1. The van der Waals surface area contributed by atoms with Crippen LogP contribution in [0.1, 0.15) is 24.8 Å². The molecule has 3 nitrogen and oxygen atoms in total. The third kappa shape index (κ3) is 2.04. The second-order valence-corrected chi connectivity index (χ2v) is 5.60. The number of carbonyl (C=O) groups is 1. The first-order valence-corrected chi connectivity index (χ1v) is 7.06. The maximum atomic E-state index is 14.0. The number of aromatic nitrogens is 1. The Morgan fingerprint density at radius 3 is 2.74 bits per heavy atom. The lowest BCUT2D eigenvalue weighted by Crippen LogP contribution is -2.46. The molecule has 1 aromatic heterocycles. The largest absolute Gasteiger partial charge is 0.301 e. The van der Waals surface area contributed by atoms with Gasteiger partial charge in [0.2, 0.25) is 5.91 Å². The number of halogens is 1. The molecule has 5 heteroatoms. The summed E-state index contributed by atoms with van der Waals surface area (Å²) in [4.78, 5) is 16.5. The van der Waals surface area contributed by atoms with Gasteiger partial charge in [-0.3, -0.25) is 4.79 Å². The molecular weight excluding hydrogens is 263 g/mol. The van der Waals surface area contributed by atoms with Crippen LogP contribution in [-0.4, -0.2) is 10.9 Å². The molecule has 0 atom stereocenters. The molecule has 0 bridgehead atoms. The van der Waals surface area contributed by atoms with E-state index < -0.39 is 5.41 Å². The minimum Gasteiger partial charge on any atom is -0.301 e. The smallest absolute Gasteiger partial charge is 0.236 e. The first kappa shape index (κ1) is 12.3. The number of amides is 1. The molecule has 1 N–H and O–H groups in total. The van der Waals surface area contributed by atoms with Gasteiger partial charge in [-0.1, -0.05) is 24.6 Å². The lowest BCUT2D eigenvalue weighted by molar-refractivity contribution is -0.124. The Labute approximate surface area is 114 Å².